The molecule has 3 N–H and O–H groups in total. The summed E-state index contributed by atoms with van der Waals surface area (Å²) in [6.45, 7) is 6.57. The number of nitrogens with zero attached hydrogens (tertiary/aromatic N) is 2. The normalized spacial score (nSPS) is 16.7. The van der Waals surface area contributed by atoms with Gasteiger partial charge in [-0.15, -0.1) is 0 Å². The number of carbonyl (C=O) groups excluding carboxylic acids is 2. The van der Waals surface area contributed by atoms with Crippen LogP contribution in [-0.2, 0) is 9.59 Å². The van der Waals surface area contributed by atoms with Gasteiger partial charge in [0.05, 0.1) is 35.9 Å². The van der Waals surface area contributed by atoms with Crippen LogP contribution < -0.4 is 14.4 Å². The Labute approximate surface area is 225 Å². The molecule has 0 radical (unpaired) electrons. The lowest BCUT2D eigenvalue weighted by atomic mass is 9.95. The van der Waals surface area contributed by atoms with E-state index in [1.54, 1.807) is 43.3 Å². The number of Topliss-reactive ketones (excluding diaryl/α,β-unsaturated/α-hetero) is 1. The zero-order chi connectivity index (χ0) is 27.7. The van der Waals surface area contributed by atoms with Crippen molar-refractivity contribution >= 4 is 34.4 Å². The van der Waals surface area contributed by atoms with Crippen LogP contribution >= 0.6 is 0 Å². The molecule has 0 aliphatic carbocycles. The predicted molar refractivity (Wildman–Crippen MR) is 147 cm³/mol. The van der Waals surface area contributed by atoms with Crippen LogP contribution in [0.15, 0.2) is 66.2 Å². The minimum atomic E-state index is -1.04. The topological polar surface area (TPSA) is 125 Å². The van der Waals surface area contributed by atoms with E-state index in [-0.39, 0.29) is 28.8 Å². The molecule has 1 unspecified atom stereocenters. The van der Waals surface area contributed by atoms with Gasteiger partial charge in [0.2, 0.25) is 5.95 Å². The molecule has 1 aliphatic rings. The standard InChI is InChI=1S/C30H29N3O6/c1-4-14-39-20-10-7-18(8-11-20)27(35)25-26(19-9-13-23(34)24(16-19)38-5-2)33(29(37)28(25)36)30-31-21-12-6-17(3)15-22(21)32-30/h6-13,15-16,26,34-35H,4-5,14H2,1-3H3,(H,31,32)/b27-25+. The third-order valence-corrected chi connectivity index (χ3v) is 6.50. The number of aromatic amines is 1. The number of fused-ring (bicyclic) bond motifs is 1. The number of rotatable bonds is 8. The SMILES string of the molecule is CCCOc1ccc(/C(O)=C2\C(=O)C(=O)N(c3nc4ccc(C)cc4[nH]3)C2c2ccc(O)c(OCC)c2)cc1. The van der Waals surface area contributed by atoms with E-state index in [1.807, 2.05) is 32.0 Å². The van der Waals surface area contributed by atoms with Gasteiger partial charge in [-0.05, 0) is 79.9 Å². The molecule has 9 nitrogen and oxygen atoms in total. The van der Waals surface area contributed by atoms with Crippen LogP contribution in [0.3, 0.4) is 0 Å². The molecule has 0 saturated carbocycles. The van der Waals surface area contributed by atoms with Gasteiger partial charge in [0.1, 0.15) is 11.5 Å². The van der Waals surface area contributed by atoms with Gasteiger partial charge in [-0.2, -0.15) is 0 Å². The third-order valence-electron chi connectivity index (χ3n) is 6.50. The Balaban J connectivity index is 1.67. The number of imidazole rings is 1. The zero-order valence-electron chi connectivity index (χ0n) is 21.9. The molecule has 3 aromatic carbocycles. The highest BCUT2D eigenvalue weighted by Crippen LogP contribution is 2.43. The smallest absolute Gasteiger partial charge is 0.302 e. The Morgan fingerprint density at radius 2 is 1.79 bits per heavy atom. The second-order valence-corrected chi connectivity index (χ2v) is 9.28. The highest BCUT2D eigenvalue weighted by atomic mass is 16.5. The van der Waals surface area contributed by atoms with Crippen molar-refractivity contribution in [2.24, 2.45) is 0 Å². The summed E-state index contributed by atoms with van der Waals surface area (Å²) in [6, 6.07) is 15.8. The van der Waals surface area contributed by atoms with E-state index in [9.17, 15) is 19.8 Å². The lowest BCUT2D eigenvalue weighted by Crippen LogP contribution is -2.30. The fraction of sp³-hybridized carbons (Fsp3) is 0.233. The molecule has 0 bridgehead atoms. The van der Waals surface area contributed by atoms with Crippen LogP contribution in [0.25, 0.3) is 16.8 Å². The Bertz CT molecular complexity index is 1590. The number of aromatic hydroxyl groups is 1. The Morgan fingerprint density at radius 3 is 2.51 bits per heavy atom. The molecule has 2 heterocycles. The third kappa shape index (κ3) is 4.79. The number of aliphatic hydroxyl groups is 1. The van der Waals surface area contributed by atoms with Crippen LogP contribution in [0.1, 0.15) is 43.0 Å². The molecular formula is C30H29N3O6. The molecule has 4 aromatic rings. The maximum atomic E-state index is 13.5. The number of hydrogen-bond acceptors (Lipinski definition) is 7. The highest BCUT2D eigenvalue weighted by molar-refractivity contribution is 6.51. The molecule has 9 heteroatoms. The number of ether oxygens (including phenoxy) is 2. The van der Waals surface area contributed by atoms with E-state index in [2.05, 4.69) is 9.97 Å². The highest BCUT2D eigenvalue weighted by Gasteiger charge is 2.48. The van der Waals surface area contributed by atoms with Gasteiger partial charge in [-0.1, -0.05) is 19.1 Å². The molecule has 1 aliphatic heterocycles. The molecule has 1 atom stereocenters. The Kier molecular flexibility index (Phi) is 6.98. The summed E-state index contributed by atoms with van der Waals surface area (Å²) in [7, 11) is 0. The lowest BCUT2D eigenvalue weighted by Gasteiger charge is -2.23. The number of phenols is 1. The molecule has 5 rings (SSSR count). The van der Waals surface area contributed by atoms with Crippen molar-refractivity contribution in [1.82, 2.24) is 9.97 Å². The minimum Gasteiger partial charge on any atom is -0.507 e. The fourth-order valence-electron chi connectivity index (χ4n) is 4.65. The van der Waals surface area contributed by atoms with E-state index >= 15 is 0 Å². The van der Waals surface area contributed by atoms with Gasteiger partial charge in [0, 0.05) is 5.56 Å². The number of aromatic nitrogens is 2. The number of aryl methyl sites for hydroxylation is 1. The maximum Gasteiger partial charge on any atom is 0.302 e. The Morgan fingerprint density at radius 1 is 1.03 bits per heavy atom. The zero-order valence-corrected chi connectivity index (χ0v) is 21.9. The van der Waals surface area contributed by atoms with Crippen LogP contribution in [0.4, 0.5) is 5.95 Å². The second-order valence-electron chi connectivity index (χ2n) is 9.28. The number of benzene rings is 3. The van der Waals surface area contributed by atoms with Crippen molar-refractivity contribution in [1.29, 1.82) is 0 Å². The number of anilines is 1. The summed E-state index contributed by atoms with van der Waals surface area (Å²) in [5.74, 6) is -1.13. The molecular weight excluding hydrogens is 498 g/mol. The molecule has 0 spiro atoms. The number of aliphatic hydroxyl groups excluding tert-OH is 1. The van der Waals surface area contributed by atoms with Crippen molar-refractivity contribution < 1.29 is 29.3 Å². The van der Waals surface area contributed by atoms with Crippen LogP contribution in [0.5, 0.6) is 17.2 Å². The number of nitrogens with one attached hydrogen (secondary N) is 1. The summed E-state index contributed by atoms with van der Waals surface area (Å²) >= 11 is 0. The van der Waals surface area contributed by atoms with Crippen molar-refractivity contribution in [2.75, 3.05) is 18.1 Å². The van der Waals surface area contributed by atoms with Gasteiger partial charge in [-0.25, -0.2) is 4.98 Å². The lowest BCUT2D eigenvalue weighted by molar-refractivity contribution is -0.132. The largest absolute Gasteiger partial charge is 0.507 e. The van der Waals surface area contributed by atoms with Crippen molar-refractivity contribution in [2.45, 2.75) is 33.2 Å². The number of hydrogen-bond donors (Lipinski definition) is 3. The van der Waals surface area contributed by atoms with E-state index in [0.29, 0.717) is 41.1 Å². The monoisotopic (exact) mass is 527 g/mol. The maximum absolute atomic E-state index is 13.5. The molecule has 1 fully saturated rings. The summed E-state index contributed by atoms with van der Waals surface area (Å²) in [5, 5.41) is 21.7. The van der Waals surface area contributed by atoms with E-state index < -0.39 is 17.7 Å². The first kappa shape index (κ1) is 25.8. The second kappa shape index (κ2) is 10.5. The van der Waals surface area contributed by atoms with E-state index in [0.717, 1.165) is 12.0 Å². The molecule has 1 amide bonds. The van der Waals surface area contributed by atoms with E-state index in [1.165, 1.54) is 11.0 Å². The van der Waals surface area contributed by atoms with Crippen LogP contribution in [-0.4, -0.2) is 45.1 Å². The van der Waals surface area contributed by atoms with Crippen LogP contribution in [0.2, 0.25) is 0 Å². The first-order chi connectivity index (χ1) is 18.8. The molecule has 1 saturated heterocycles. The summed E-state index contributed by atoms with van der Waals surface area (Å²) < 4.78 is 11.2. The number of ketones is 1. The van der Waals surface area contributed by atoms with Crippen molar-refractivity contribution in [3.05, 3.63) is 82.9 Å². The Hall–Kier alpha value is -4.79. The average molecular weight is 528 g/mol. The summed E-state index contributed by atoms with van der Waals surface area (Å²) in [4.78, 5) is 35.9. The van der Waals surface area contributed by atoms with E-state index in [4.69, 9.17) is 9.47 Å². The number of phenolic OH excluding ortho intramolecular Hbond substituents is 1. The first-order valence-corrected chi connectivity index (χ1v) is 12.8. The average Bonchev–Trinajstić information content (AvgIpc) is 3.46. The number of amides is 1. The van der Waals surface area contributed by atoms with Crippen molar-refractivity contribution in [3.8, 4) is 17.2 Å². The fourth-order valence-corrected chi connectivity index (χ4v) is 4.65. The number of H-pyrrole nitrogens is 1. The minimum absolute atomic E-state index is 0.0839. The number of carbonyl (C=O) groups is 2. The van der Waals surface area contributed by atoms with Gasteiger partial charge in [0.25, 0.3) is 5.78 Å². The summed E-state index contributed by atoms with van der Waals surface area (Å²) in [5.41, 5.74) is 3.03. The van der Waals surface area contributed by atoms with Crippen LogP contribution in [0, 0.1) is 6.92 Å². The molecule has 39 heavy (non-hydrogen) atoms. The van der Waals surface area contributed by atoms with Gasteiger partial charge >= 0.3 is 5.91 Å². The van der Waals surface area contributed by atoms with Crippen molar-refractivity contribution in [3.63, 3.8) is 0 Å². The molecule has 1 aromatic heterocycles. The van der Waals surface area contributed by atoms with Gasteiger partial charge in [0.15, 0.2) is 11.5 Å². The summed E-state index contributed by atoms with van der Waals surface area (Å²) in [6.07, 6.45) is 0.850. The first-order valence-electron chi connectivity index (χ1n) is 12.8. The van der Waals surface area contributed by atoms with Gasteiger partial charge < -0.3 is 24.7 Å². The predicted octanol–water partition coefficient (Wildman–Crippen LogP) is 5.39. The quantitative estimate of drug-likeness (QED) is 0.159. The molecule has 200 valence electrons. The van der Waals surface area contributed by atoms with Gasteiger partial charge in [-0.3, -0.25) is 14.5 Å².